The molecule has 0 aliphatic heterocycles. The molecular weight excluding hydrogens is 623 g/mol. The van der Waals surface area contributed by atoms with E-state index in [0.717, 1.165) is 16.7 Å². The summed E-state index contributed by atoms with van der Waals surface area (Å²) in [5, 5.41) is 11.6. The van der Waals surface area contributed by atoms with Crippen LogP contribution in [0.5, 0.6) is 23.0 Å². The summed E-state index contributed by atoms with van der Waals surface area (Å²) in [7, 11) is 4.70. The molecule has 4 aromatic carbocycles. The van der Waals surface area contributed by atoms with Crippen LogP contribution in [0.1, 0.15) is 16.7 Å². The van der Waals surface area contributed by atoms with Gasteiger partial charge < -0.3 is 23.4 Å². The minimum absolute atomic E-state index is 0.136. The van der Waals surface area contributed by atoms with Gasteiger partial charge in [-0.1, -0.05) is 53.0 Å². The minimum Gasteiger partial charge on any atom is -0.497 e. The van der Waals surface area contributed by atoms with Gasteiger partial charge in [-0.3, -0.25) is 0 Å². The van der Waals surface area contributed by atoms with Crippen molar-refractivity contribution in [1.82, 2.24) is 0 Å². The van der Waals surface area contributed by atoms with Gasteiger partial charge >= 0.3 is 0 Å². The molecule has 5 aromatic rings. The van der Waals surface area contributed by atoms with Gasteiger partial charge in [-0.2, -0.15) is 5.26 Å². The minimum atomic E-state index is 0.136. The monoisotopic (exact) mass is 646 g/mol. The van der Waals surface area contributed by atoms with E-state index in [1.165, 1.54) is 7.11 Å². The maximum absolute atomic E-state index is 10.2. The molecule has 1 heterocycles. The first kappa shape index (κ1) is 30.8. The third-order valence-electron chi connectivity index (χ3n) is 6.70. The normalized spacial score (nSPS) is 10.9. The molecule has 0 N–H and O–H groups in total. The maximum atomic E-state index is 10.2. The summed E-state index contributed by atoms with van der Waals surface area (Å²) in [5.41, 5.74) is 3.73. The fraction of sp³-hybridized carbons (Fsp3) is 0.118. The van der Waals surface area contributed by atoms with Crippen LogP contribution in [0.3, 0.4) is 0 Å². The van der Waals surface area contributed by atoms with Crippen LogP contribution < -0.4 is 18.9 Å². The zero-order valence-corrected chi connectivity index (χ0v) is 26.1. The quantitative estimate of drug-likeness (QED) is 0.140. The van der Waals surface area contributed by atoms with Crippen LogP contribution in [0, 0.1) is 11.3 Å². The first-order chi connectivity index (χ1) is 21.3. The SMILES string of the molecule is COc1ccc(-c2oc(/N=C/c3cc(Cl)c(OCc4ccc(Cl)cc4Cl)c(OC)c3)c(C#N)c2-c2ccc(OC)cc2)cc1. The van der Waals surface area contributed by atoms with Crippen LogP contribution in [-0.4, -0.2) is 27.5 Å². The summed E-state index contributed by atoms with van der Waals surface area (Å²) >= 11 is 18.9. The lowest BCUT2D eigenvalue weighted by atomic mass is 9.98. The van der Waals surface area contributed by atoms with Crippen molar-refractivity contribution in [3.05, 3.63) is 111 Å². The predicted octanol–water partition coefficient (Wildman–Crippen LogP) is 9.80. The fourth-order valence-electron chi connectivity index (χ4n) is 4.47. The molecule has 7 nitrogen and oxygen atoms in total. The molecule has 0 saturated heterocycles. The zero-order valence-electron chi connectivity index (χ0n) is 23.9. The van der Waals surface area contributed by atoms with Crippen molar-refractivity contribution < 1.29 is 23.4 Å². The van der Waals surface area contributed by atoms with Crippen molar-refractivity contribution in [2.45, 2.75) is 6.61 Å². The summed E-state index contributed by atoms with van der Waals surface area (Å²) in [6.45, 7) is 0.152. The van der Waals surface area contributed by atoms with E-state index >= 15 is 0 Å². The van der Waals surface area contributed by atoms with Gasteiger partial charge in [-0.25, -0.2) is 4.99 Å². The Hall–Kier alpha value is -4.61. The smallest absolute Gasteiger partial charge is 0.238 e. The van der Waals surface area contributed by atoms with E-state index in [1.54, 1.807) is 50.8 Å². The number of hydrogen-bond donors (Lipinski definition) is 0. The average Bonchev–Trinajstić information content (AvgIpc) is 3.42. The molecule has 0 atom stereocenters. The Kier molecular flexibility index (Phi) is 9.66. The van der Waals surface area contributed by atoms with Gasteiger partial charge in [0.25, 0.3) is 0 Å². The predicted molar refractivity (Wildman–Crippen MR) is 173 cm³/mol. The van der Waals surface area contributed by atoms with Gasteiger partial charge in [0.05, 0.1) is 26.4 Å². The van der Waals surface area contributed by atoms with E-state index in [9.17, 15) is 5.26 Å². The topological polar surface area (TPSA) is 86.2 Å². The van der Waals surface area contributed by atoms with Gasteiger partial charge in [-0.05, 0) is 71.8 Å². The fourth-order valence-corrected chi connectivity index (χ4v) is 5.21. The lowest BCUT2D eigenvalue weighted by molar-refractivity contribution is 0.285. The van der Waals surface area contributed by atoms with Gasteiger partial charge in [0.1, 0.15) is 35.5 Å². The molecule has 0 saturated carbocycles. The first-order valence-corrected chi connectivity index (χ1v) is 14.3. The first-order valence-electron chi connectivity index (χ1n) is 13.2. The van der Waals surface area contributed by atoms with E-state index in [2.05, 4.69) is 11.1 Å². The average molecular weight is 648 g/mol. The van der Waals surface area contributed by atoms with Crippen LogP contribution in [-0.2, 0) is 6.61 Å². The Labute approximate surface area is 269 Å². The highest BCUT2D eigenvalue weighted by Gasteiger charge is 2.23. The summed E-state index contributed by atoms with van der Waals surface area (Å²) in [5.74, 6) is 2.74. The van der Waals surface area contributed by atoms with Crippen LogP contribution >= 0.6 is 34.8 Å². The van der Waals surface area contributed by atoms with Gasteiger partial charge in [0, 0.05) is 33.0 Å². The molecule has 5 rings (SSSR count). The number of furan rings is 1. The molecule has 0 aliphatic rings. The third kappa shape index (κ3) is 6.63. The van der Waals surface area contributed by atoms with Gasteiger partial charge in [0.15, 0.2) is 11.5 Å². The zero-order chi connectivity index (χ0) is 31.2. The lowest BCUT2D eigenvalue weighted by Gasteiger charge is -2.14. The molecule has 1 aromatic heterocycles. The van der Waals surface area contributed by atoms with Crippen molar-refractivity contribution in [3.63, 3.8) is 0 Å². The van der Waals surface area contributed by atoms with Crippen molar-refractivity contribution >= 4 is 46.9 Å². The van der Waals surface area contributed by atoms with E-state index in [4.69, 9.17) is 58.2 Å². The summed E-state index contributed by atoms with van der Waals surface area (Å²) in [6, 6.07) is 25.6. The number of halogens is 3. The number of nitriles is 1. The maximum Gasteiger partial charge on any atom is 0.238 e. The summed E-state index contributed by atoms with van der Waals surface area (Å²) < 4.78 is 28.4. The molecular formula is C34H25Cl3N2O5. The van der Waals surface area contributed by atoms with Crippen LogP contribution in [0.2, 0.25) is 15.1 Å². The number of methoxy groups -OCH3 is 3. The number of aliphatic imine (C=N–C) groups is 1. The number of benzene rings is 4. The Balaban J connectivity index is 1.51. The Morgan fingerprint density at radius 3 is 2.05 bits per heavy atom. The summed E-state index contributed by atoms with van der Waals surface area (Å²) in [4.78, 5) is 4.56. The van der Waals surface area contributed by atoms with Crippen molar-refractivity contribution in [1.29, 1.82) is 5.26 Å². The highest BCUT2D eigenvalue weighted by Crippen LogP contribution is 2.43. The van der Waals surface area contributed by atoms with E-state index in [0.29, 0.717) is 55.0 Å². The molecule has 0 bridgehead atoms. The van der Waals surface area contributed by atoms with E-state index < -0.39 is 0 Å². The van der Waals surface area contributed by atoms with Crippen LogP contribution in [0.15, 0.2) is 88.3 Å². The molecule has 222 valence electrons. The molecule has 0 aliphatic carbocycles. The van der Waals surface area contributed by atoms with Crippen molar-refractivity contribution in [3.8, 4) is 51.5 Å². The molecule has 0 spiro atoms. The molecule has 10 heteroatoms. The highest BCUT2D eigenvalue weighted by atomic mass is 35.5. The second-order valence-corrected chi connectivity index (χ2v) is 10.6. The Morgan fingerprint density at radius 1 is 0.795 bits per heavy atom. The number of hydrogen-bond acceptors (Lipinski definition) is 7. The van der Waals surface area contributed by atoms with Gasteiger partial charge in [-0.15, -0.1) is 0 Å². The number of nitrogens with zero attached hydrogens (tertiary/aromatic N) is 2. The molecule has 0 amide bonds. The second kappa shape index (κ2) is 13.8. The molecule has 0 radical (unpaired) electrons. The second-order valence-electron chi connectivity index (χ2n) is 9.37. The Bertz CT molecular complexity index is 1860. The Morgan fingerprint density at radius 2 is 1.45 bits per heavy atom. The van der Waals surface area contributed by atoms with Crippen molar-refractivity contribution in [2.75, 3.05) is 21.3 Å². The molecule has 0 unspecified atom stereocenters. The highest BCUT2D eigenvalue weighted by molar-refractivity contribution is 6.35. The lowest BCUT2D eigenvalue weighted by Crippen LogP contribution is -2.00. The summed E-state index contributed by atoms with van der Waals surface area (Å²) in [6.07, 6.45) is 1.55. The van der Waals surface area contributed by atoms with E-state index in [-0.39, 0.29) is 18.1 Å². The van der Waals surface area contributed by atoms with Gasteiger partial charge in [0.2, 0.25) is 5.88 Å². The molecule has 0 fully saturated rings. The number of ether oxygens (including phenoxy) is 4. The molecule has 44 heavy (non-hydrogen) atoms. The standard InChI is InChI=1S/C34H25Cl3N2O5/c1-40-25-10-5-21(6-11-25)31-27(17-38)34(44-32(31)22-7-12-26(41-2)13-8-22)39-18-20-14-29(37)33(30(15-20)42-3)43-19-23-4-9-24(35)16-28(23)36/h4-16,18H,19H2,1-3H3/b39-18+. The van der Waals surface area contributed by atoms with Crippen LogP contribution in [0.4, 0.5) is 5.88 Å². The van der Waals surface area contributed by atoms with Crippen molar-refractivity contribution in [2.24, 2.45) is 4.99 Å². The van der Waals surface area contributed by atoms with E-state index in [1.807, 2.05) is 48.5 Å². The third-order valence-corrected chi connectivity index (χ3v) is 7.57. The van der Waals surface area contributed by atoms with Crippen LogP contribution in [0.25, 0.3) is 22.5 Å². The largest absolute Gasteiger partial charge is 0.497 e. The number of rotatable bonds is 10.